The highest BCUT2D eigenvalue weighted by atomic mass is 16.3. The molecule has 14 heavy (non-hydrogen) atoms. The predicted octanol–water partition coefficient (Wildman–Crippen LogP) is 0.798. The molecule has 1 aromatic rings. The van der Waals surface area contributed by atoms with E-state index >= 15 is 0 Å². The molecule has 0 aliphatic rings. The molecular weight excluding hydrogens is 180 g/mol. The molecule has 4 N–H and O–H groups in total. The zero-order valence-corrected chi connectivity index (χ0v) is 7.64. The molecule has 0 radical (unpaired) electrons. The predicted molar refractivity (Wildman–Crippen MR) is 51.2 cm³/mol. The van der Waals surface area contributed by atoms with Gasteiger partial charge in [0.15, 0.2) is 0 Å². The topological polar surface area (TPSA) is 90.3 Å². The van der Waals surface area contributed by atoms with Crippen molar-refractivity contribution in [3.63, 3.8) is 0 Å². The van der Waals surface area contributed by atoms with E-state index in [-0.39, 0.29) is 18.8 Å². The average Bonchev–Trinajstić information content (AvgIpc) is 2.18. The number of hydrogen-bond acceptors (Lipinski definition) is 4. The first-order valence-electron chi connectivity index (χ1n) is 4.24. The molecule has 0 heterocycles. The fraction of sp³-hybridized carbons (Fsp3) is 0.300. The Kier molecular flexibility index (Phi) is 3.46. The van der Waals surface area contributed by atoms with E-state index < -0.39 is 6.04 Å². The second-order valence-corrected chi connectivity index (χ2v) is 3.01. The Labute approximate surface area is 82.2 Å². The van der Waals surface area contributed by atoms with Gasteiger partial charge in [-0.1, -0.05) is 12.1 Å². The van der Waals surface area contributed by atoms with E-state index in [4.69, 9.17) is 16.1 Å². The maximum atomic E-state index is 9.41. The first-order valence-corrected chi connectivity index (χ1v) is 4.24. The third-order valence-electron chi connectivity index (χ3n) is 2.02. The molecule has 0 unspecified atom stereocenters. The number of phenols is 1. The number of aliphatic hydroxyl groups excluding tert-OH is 1. The van der Waals surface area contributed by atoms with Gasteiger partial charge in [-0.05, 0) is 11.6 Å². The molecule has 0 amide bonds. The number of aromatic hydroxyl groups is 1. The van der Waals surface area contributed by atoms with Gasteiger partial charge in [-0.2, -0.15) is 5.26 Å². The third-order valence-corrected chi connectivity index (χ3v) is 2.02. The van der Waals surface area contributed by atoms with Crippen molar-refractivity contribution in [2.24, 2.45) is 5.73 Å². The van der Waals surface area contributed by atoms with Crippen molar-refractivity contribution in [3.05, 3.63) is 29.3 Å². The Morgan fingerprint density at radius 3 is 2.71 bits per heavy atom. The molecule has 0 fully saturated rings. The molecule has 1 aromatic carbocycles. The fourth-order valence-electron chi connectivity index (χ4n) is 1.16. The maximum absolute atomic E-state index is 9.41. The SMILES string of the molecule is N#CC[C@H](N)c1ccc(CO)c(O)c1. The molecule has 0 aliphatic carbocycles. The molecule has 0 saturated carbocycles. The van der Waals surface area contributed by atoms with Gasteiger partial charge in [0.05, 0.1) is 19.1 Å². The number of nitrogens with two attached hydrogens (primary N) is 1. The number of aliphatic hydroxyl groups is 1. The van der Waals surface area contributed by atoms with E-state index in [0.29, 0.717) is 11.1 Å². The smallest absolute Gasteiger partial charge is 0.121 e. The number of nitriles is 1. The van der Waals surface area contributed by atoms with E-state index in [0.717, 1.165) is 0 Å². The molecular formula is C10H12N2O2. The van der Waals surface area contributed by atoms with Crippen LogP contribution >= 0.6 is 0 Å². The Morgan fingerprint density at radius 2 is 2.21 bits per heavy atom. The summed E-state index contributed by atoms with van der Waals surface area (Å²) in [6.45, 7) is -0.209. The van der Waals surface area contributed by atoms with Gasteiger partial charge in [0.1, 0.15) is 5.75 Å². The lowest BCUT2D eigenvalue weighted by Gasteiger charge is -2.09. The summed E-state index contributed by atoms with van der Waals surface area (Å²) in [5, 5.41) is 26.7. The van der Waals surface area contributed by atoms with E-state index in [1.54, 1.807) is 12.1 Å². The highest BCUT2D eigenvalue weighted by Gasteiger charge is 2.08. The van der Waals surface area contributed by atoms with Crippen LogP contribution in [0.15, 0.2) is 18.2 Å². The zero-order chi connectivity index (χ0) is 10.6. The van der Waals surface area contributed by atoms with Gasteiger partial charge in [-0.25, -0.2) is 0 Å². The summed E-state index contributed by atoms with van der Waals surface area (Å²) in [7, 11) is 0. The van der Waals surface area contributed by atoms with Crippen LogP contribution < -0.4 is 5.73 Å². The van der Waals surface area contributed by atoms with Crippen LogP contribution in [0.4, 0.5) is 0 Å². The van der Waals surface area contributed by atoms with Crippen LogP contribution in [0.2, 0.25) is 0 Å². The number of hydrogen-bond donors (Lipinski definition) is 3. The summed E-state index contributed by atoms with van der Waals surface area (Å²) >= 11 is 0. The van der Waals surface area contributed by atoms with E-state index in [9.17, 15) is 5.11 Å². The van der Waals surface area contributed by atoms with Gasteiger partial charge >= 0.3 is 0 Å². The summed E-state index contributed by atoms with van der Waals surface area (Å²) in [6.07, 6.45) is 0.206. The molecule has 74 valence electrons. The lowest BCUT2D eigenvalue weighted by Crippen LogP contribution is -2.09. The highest BCUT2D eigenvalue weighted by molar-refractivity contribution is 5.37. The average molecular weight is 192 g/mol. The van der Waals surface area contributed by atoms with Crippen LogP contribution in [0, 0.1) is 11.3 Å². The van der Waals surface area contributed by atoms with E-state index in [2.05, 4.69) is 0 Å². The van der Waals surface area contributed by atoms with Gasteiger partial charge in [0.2, 0.25) is 0 Å². The van der Waals surface area contributed by atoms with Crippen molar-refractivity contribution in [1.82, 2.24) is 0 Å². The van der Waals surface area contributed by atoms with Crippen LogP contribution in [0.3, 0.4) is 0 Å². The molecule has 4 heteroatoms. The Morgan fingerprint density at radius 1 is 1.50 bits per heavy atom. The lowest BCUT2D eigenvalue weighted by atomic mass is 10.0. The summed E-state index contributed by atoms with van der Waals surface area (Å²) in [5.41, 5.74) is 6.82. The molecule has 0 aliphatic heterocycles. The minimum absolute atomic E-state index is 0.0124. The Hall–Kier alpha value is -1.57. The third kappa shape index (κ3) is 2.22. The number of nitrogens with zero attached hydrogens (tertiary/aromatic N) is 1. The van der Waals surface area contributed by atoms with Crippen molar-refractivity contribution in [2.45, 2.75) is 19.1 Å². The van der Waals surface area contributed by atoms with Crippen molar-refractivity contribution < 1.29 is 10.2 Å². The number of rotatable bonds is 3. The molecule has 4 nitrogen and oxygen atoms in total. The van der Waals surface area contributed by atoms with Crippen molar-refractivity contribution in [1.29, 1.82) is 5.26 Å². The first-order chi connectivity index (χ1) is 6.69. The summed E-state index contributed by atoms with van der Waals surface area (Å²) in [5.74, 6) is 0.0124. The van der Waals surface area contributed by atoms with E-state index in [1.165, 1.54) is 6.07 Å². The monoisotopic (exact) mass is 192 g/mol. The van der Waals surface area contributed by atoms with Gasteiger partial charge < -0.3 is 15.9 Å². The molecule has 1 atom stereocenters. The van der Waals surface area contributed by atoms with Crippen molar-refractivity contribution in [3.8, 4) is 11.8 Å². The standard InChI is InChI=1S/C10H12N2O2/c11-4-3-9(12)7-1-2-8(6-13)10(14)5-7/h1-2,5,9,13-14H,3,6,12H2/t9-/m0/s1. The Bertz CT molecular complexity index is 358. The van der Waals surface area contributed by atoms with Gasteiger partial charge in [0.25, 0.3) is 0 Å². The molecule has 0 saturated heterocycles. The zero-order valence-electron chi connectivity index (χ0n) is 7.64. The highest BCUT2D eigenvalue weighted by Crippen LogP contribution is 2.23. The normalized spacial score (nSPS) is 12.1. The van der Waals surface area contributed by atoms with Gasteiger partial charge in [-0.15, -0.1) is 0 Å². The van der Waals surface area contributed by atoms with Crippen molar-refractivity contribution in [2.75, 3.05) is 0 Å². The summed E-state index contributed by atoms with van der Waals surface area (Å²) < 4.78 is 0. The minimum Gasteiger partial charge on any atom is -0.508 e. The second-order valence-electron chi connectivity index (χ2n) is 3.01. The lowest BCUT2D eigenvalue weighted by molar-refractivity contribution is 0.275. The molecule has 0 spiro atoms. The van der Waals surface area contributed by atoms with Crippen LogP contribution in [-0.2, 0) is 6.61 Å². The molecule has 0 bridgehead atoms. The summed E-state index contributed by atoms with van der Waals surface area (Å²) in [6, 6.07) is 6.35. The maximum Gasteiger partial charge on any atom is 0.121 e. The first kappa shape index (κ1) is 10.5. The van der Waals surface area contributed by atoms with Crippen molar-refractivity contribution >= 4 is 0 Å². The minimum atomic E-state index is -0.390. The van der Waals surface area contributed by atoms with Gasteiger partial charge in [-0.3, -0.25) is 0 Å². The summed E-state index contributed by atoms with van der Waals surface area (Å²) in [4.78, 5) is 0. The quantitative estimate of drug-likeness (QED) is 0.660. The van der Waals surface area contributed by atoms with Crippen LogP contribution in [0.5, 0.6) is 5.75 Å². The van der Waals surface area contributed by atoms with Gasteiger partial charge in [0, 0.05) is 11.6 Å². The number of benzene rings is 1. The molecule has 0 aromatic heterocycles. The van der Waals surface area contributed by atoms with E-state index in [1.807, 2.05) is 6.07 Å². The van der Waals surface area contributed by atoms with Crippen LogP contribution in [-0.4, -0.2) is 10.2 Å². The Balaban J connectivity index is 2.92. The molecule has 1 rings (SSSR count). The van der Waals surface area contributed by atoms with Crippen LogP contribution in [0.1, 0.15) is 23.6 Å². The largest absolute Gasteiger partial charge is 0.508 e. The fourth-order valence-corrected chi connectivity index (χ4v) is 1.16. The second kappa shape index (κ2) is 4.61. The van der Waals surface area contributed by atoms with Crippen LogP contribution in [0.25, 0.3) is 0 Å².